The standard InChI is InChI=1S/C26H21N3O3S/c1-3-32-26(31)24-19(15-29(28-24)18-11-8-16(2)9-12-18)25(30)17-10-13-23-21(14-17)27-20-6-4-5-7-22(20)33-23/h4-15,27H,3H2,1-2H3. The van der Waals surface area contributed by atoms with Gasteiger partial charge in [0.2, 0.25) is 0 Å². The Bertz CT molecular complexity index is 1380. The Morgan fingerprint density at radius 1 is 1.00 bits per heavy atom. The molecular weight excluding hydrogens is 434 g/mol. The number of aromatic nitrogens is 2. The van der Waals surface area contributed by atoms with Gasteiger partial charge in [0.15, 0.2) is 11.5 Å². The van der Waals surface area contributed by atoms with Crippen molar-refractivity contribution in [2.75, 3.05) is 11.9 Å². The number of ketones is 1. The highest BCUT2D eigenvalue weighted by Crippen LogP contribution is 2.44. The minimum absolute atomic E-state index is 0.00725. The molecule has 7 heteroatoms. The highest BCUT2D eigenvalue weighted by Gasteiger charge is 2.26. The monoisotopic (exact) mass is 455 g/mol. The van der Waals surface area contributed by atoms with Crippen LogP contribution in [-0.4, -0.2) is 28.1 Å². The van der Waals surface area contributed by atoms with Crippen molar-refractivity contribution in [3.05, 3.63) is 95.3 Å². The molecule has 4 aromatic rings. The topological polar surface area (TPSA) is 73.2 Å². The van der Waals surface area contributed by atoms with Crippen LogP contribution in [0.4, 0.5) is 11.4 Å². The summed E-state index contributed by atoms with van der Waals surface area (Å²) in [5.74, 6) is -0.905. The van der Waals surface area contributed by atoms with E-state index in [4.69, 9.17) is 4.74 Å². The fourth-order valence-corrected chi connectivity index (χ4v) is 4.62. The highest BCUT2D eigenvalue weighted by molar-refractivity contribution is 7.99. The van der Waals surface area contributed by atoms with Crippen LogP contribution in [0.3, 0.4) is 0 Å². The number of fused-ring (bicyclic) bond motifs is 2. The van der Waals surface area contributed by atoms with E-state index in [0.717, 1.165) is 32.4 Å². The number of nitrogens with one attached hydrogen (secondary N) is 1. The second-order valence-corrected chi connectivity index (χ2v) is 8.74. The van der Waals surface area contributed by atoms with Crippen LogP contribution in [0.5, 0.6) is 0 Å². The number of ether oxygens (including phenoxy) is 1. The number of esters is 1. The lowest BCUT2D eigenvalue weighted by Gasteiger charge is -2.21. The van der Waals surface area contributed by atoms with Gasteiger partial charge in [0.25, 0.3) is 0 Å². The van der Waals surface area contributed by atoms with Gasteiger partial charge < -0.3 is 10.1 Å². The van der Waals surface area contributed by atoms with Crippen molar-refractivity contribution in [1.82, 2.24) is 9.78 Å². The molecule has 0 unspecified atom stereocenters. The van der Waals surface area contributed by atoms with E-state index in [-0.39, 0.29) is 23.6 Å². The number of hydrogen-bond donors (Lipinski definition) is 1. The van der Waals surface area contributed by atoms with E-state index < -0.39 is 5.97 Å². The lowest BCUT2D eigenvalue weighted by atomic mass is 10.0. The van der Waals surface area contributed by atoms with Gasteiger partial charge in [-0.25, -0.2) is 9.48 Å². The van der Waals surface area contributed by atoms with E-state index >= 15 is 0 Å². The van der Waals surface area contributed by atoms with Gasteiger partial charge in [-0.15, -0.1) is 0 Å². The molecular formula is C26H21N3O3S. The smallest absolute Gasteiger partial charge is 0.359 e. The summed E-state index contributed by atoms with van der Waals surface area (Å²) in [5, 5.41) is 7.79. The quantitative estimate of drug-likeness (QED) is 0.267. The van der Waals surface area contributed by atoms with Gasteiger partial charge in [0.05, 0.1) is 29.2 Å². The molecule has 1 aliphatic heterocycles. The number of hydrogen-bond acceptors (Lipinski definition) is 6. The summed E-state index contributed by atoms with van der Waals surface area (Å²) in [7, 11) is 0. The number of rotatable bonds is 5. The first-order valence-electron chi connectivity index (χ1n) is 10.6. The average molecular weight is 456 g/mol. The highest BCUT2D eigenvalue weighted by atomic mass is 32.2. The summed E-state index contributed by atoms with van der Waals surface area (Å²) >= 11 is 1.65. The lowest BCUT2D eigenvalue weighted by Crippen LogP contribution is -2.12. The van der Waals surface area contributed by atoms with Crippen molar-refractivity contribution < 1.29 is 14.3 Å². The van der Waals surface area contributed by atoms with Crippen LogP contribution in [0.2, 0.25) is 0 Å². The molecule has 1 aromatic heterocycles. The first-order valence-corrected chi connectivity index (χ1v) is 11.4. The van der Waals surface area contributed by atoms with Crippen molar-refractivity contribution in [1.29, 1.82) is 0 Å². The summed E-state index contributed by atoms with van der Waals surface area (Å²) in [6.07, 6.45) is 1.59. The van der Waals surface area contributed by atoms with Gasteiger partial charge in [-0.2, -0.15) is 5.10 Å². The van der Waals surface area contributed by atoms with E-state index in [9.17, 15) is 9.59 Å². The van der Waals surface area contributed by atoms with Gasteiger partial charge in [-0.1, -0.05) is 41.6 Å². The fourth-order valence-electron chi connectivity index (χ4n) is 3.66. The summed E-state index contributed by atoms with van der Waals surface area (Å²) < 4.78 is 6.71. The van der Waals surface area contributed by atoms with E-state index in [0.29, 0.717) is 5.56 Å². The first kappa shape index (κ1) is 21.0. The molecule has 0 aliphatic carbocycles. The number of para-hydroxylation sites is 1. The molecule has 1 N–H and O–H groups in total. The number of anilines is 2. The van der Waals surface area contributed by atoms with Gasteiger partial charge >= 0.3 is 5.97 Å². The van der Waals surface area contributed by atoms with Crippen molar-refractivity contribution >= 4 is 34.9 Å². The number of nitrogens with zero attached hydrogens (tertiary/aromatic N) is 2. The second-order valence-electron chi connectivity index (χ2n) is 7.66. The molecule has 0 amide bonds. The molecule has 0 spiro atoms. The van der Waals surface area contributed by atoms with E-state index in [1.54, 1.807) is 35.6 Å². The zero-order valence-electron chi connectivity index (χ0n) is 18.2. The van der Waals surface area contributed by atoms with Crippen LogP contribution in [0.15, 0.2) is 82.7 Å². The van der Waals surface area contributed by atoms with E-state index in [1.807, 2.05) is 61.5 Å². The molecule has 0 fully saturated rings. The summed E-state index contributed by atoms with van der Waals surface area (Å²) in [5.41, 5.74) is 4.40. The molecule has 0 saturated carbocycles. The Morgan fingerprint density at radius 2 is 1.76 bits per heavy atom. The Hall–Kier alpha value is -3.84. The van der Waals surface area contributed by atoms with Gasteiger partial charge in [0, 0.05) is 21.6 Å². The van der Waals surface area contributed by atoms with Crippen LogP contribution >= 0.6 is 11.8 Å². The zero-order chi connectivity index (χ0) is 22.9. The van der Waals surface area contributed by atoms with E-state index in [1.165, 1.54) is 0 Å². The maximum absolute atomic E-state index is 13.5. The fraction of sp³-hybridized carbons (Fsp3) is 0.115. The molecule has 33 heavy (non-hydrogen) atoms. The van der Waals surface area contributed by atoms with Crippen molar-refractivity contribution in [2.24, 2.45) is 0 Å². The molecule has 0 bridgehead atoms. The van der Waals surface area contributed by atoms with Crippen LogP contribution in [0, 0.1) is 6.92 Å². The maximum Gasteiger partial charge on any atom is 0.359 e. The molecule has 2 heterocycles. The predicted molar refractivity (Wildman–Crippen MR) is 128 cm³/mol. The molecule has 0 radical (unpaired) electrons. The van der Waals surface area contributed by atoms with Crippen LogP contribution < -0.4 is 5.32 Å². The number of aryl methyl sites for hydroxylation is 1. The Kier molecular flexibility index (Phi) is 5.48. The average Bonchev–Trinajstić information content (AvgIpc) is 3.28. The lowest BCUT2D eigenvalue weighted by molar-refractivity contribution is 0.0516. The van der Waals surface area contributed by atoms with Gasteiger partial charge in [-0.05, 0) is 56.3 Å². The van der Waals surface area contributed by atoms with Crippen molar-refractivity contribution in [2.45, 2.75) is 23.6 Å². The molecule has 3 aromatic carbocycles. The number of benzene rings is 3. The van der Waals surface area contributed by atoms with Crippen LogP contribution in [0.1, 0.15) is 38.9 Å². The van der Waals surface area contributed by atoms with Gasteiger partial charge in [-0.3, -0.25) is 4.79 Å². The molecule has 164 valence electrons. The third kappa shape index (κ3) is 4.03. The summed E-state index contributed by atoms with van der Waals surface area (Å²) in [6, 6.07) is 21.2. The minimum atomic E-state index is -0.618. The Labute approximate surface area is 195 Å². The first-order chi connectivity index (χ1) is 16.0. The molecule has 1 aliphatic rings. The largest absolute Gasteiger partial charge is 0.461 e. The predicted octanol–water partition coefficient (Wildman–Crippen LogP) is 5.80. The van der Waals surface area contributed by atoms with Crippen molar-refractivity contribution in [3.63, 3.8) is 0 Å². The molecule has 5 rings (SSSR count). The van der Waals surface area contributed by atoms with Crippen LogP contribution in [0.25, 0.3) is 5.69 Å². The maximum atomic E-state index is 13.5. The molecule has 6 nitrogen and oxygen atoms in total. The Balaban J connectivity index is 1.53. The Morgan fingerprint density at radius 3 is 2.55 bits per heavy atom. The summed E-state index contributed by atoms with van der Waals surface area (Å²) in [6.45, 7) is 3.91. The number of carbonyl (C=O) groups excluding carboxylic acids is 2. The van der Waals surface area contributed by atoms with E-state index in [2.05, 4.69) is 16.5 Å². The SMILES string of the molecule is CCOC(=O)c1nn(-c2ccc(C)cc2)cc1C(=O)c1ccc2c(c1)Nc1ccccc1S2. The second kappa shape index (κ2) is 8.60. The third-order valence-electron chi connectivity index (χ3n) is 5.34. The summed E-state index contributed by atoms with van der Waals surface area (Å²) in [4.78, 5) is 28.3. The molecule has 0 atom stereocenters. The van der Waals surface area contributed by atoms with Crippen LogP contribution in [-0.2, 0) is 4.74 Å². The third-order valence-corrected chi connectivity index (χ3v) is 6.50. The zero-order valence-corrected chi connectivity index (χ0v) is 19.0. The normalized spacial score (nSPS) is 11.8. The minimum Gasteiger partial charge on any atom is -0.461 e. The number of carbonyl (C=O) groups is 2. The van der Waals surface area contributed by atoms with Gasteiger partial charge in [0.1, 0.15) is 0 Å². The molecule has 0 saturated heterocycles. The van der Waals surface area contributed by atoms with Crippen molar-refractivity contribution in [3.8, 4) is 5.69 Å².